The molecule has 0 spiro atoms. The first kappa shape index (κ1) is 17.1. The molecule has 0 unspecified atom stereocenters. The molecule has 1 aliphatic rings. The van der Waals surface area contributed by atoms with Crippen LogP contribution in [-0.4, -0.2) is 38.7 Å². The summed E-state index contributed by atoms with van der Waals surface area (Å²) in [6, 6.07) is 0. The monoisotopic (exact) mass is 287 g/mol. The highest BCUT2D eigenvalue weighted by Gasteiger charge is 2.46. The Morgan fingerprint density at radius 1 is 1.00 bits per heavy atom. The minimum absolute atomic E-state index is 0.523. The Kier molecular flexibility index (Phi) is 6.05. The lowest BCUT2D eigenvalue weighted by Gasteiger charge is -2.45. The van der Waals surface area contributed by atoms with Crippen LogP contribution < -0.4 is 5.32 Å². The van der Waals surface area contributed by atoms with Gasteiger partial charge in [-0.1, -0.05) is 41.5 Å². The molecule has 0 saturated carbocycles. The average Bonchev–Trinajstić information content (AvgIpc) is 2.29. The molecule has 1 aliphatic heterocycles. The Morgan fingerprint density at radius 3 is 1.79 bits per heavy atom. The van der Waals surface area contributed by atoms with E-state index >= 15 is 0 Å². The van der Waals surface area contributed by atoms with Crippen LogP contribution in [0.3, 0.4) is 0 Å². The van der Waals surface area contributed by atoms with Gasteiger partial charge in [0.2, 0.25) is 0 Å². The predicted octanol–water partition coefficient (Wildman–Crippen LogP) is 3.29. The summed E-state index contributed by atoms with van der Waals surface area (Å²) in [5, 5.41) is 13.9. The Labute approximate surface area is 120 Å². The maximum absolute atomic E-state index is 10.6. The molecule has 0 aromatic carbocycles. The van der Waals surface area contributed by atoms with Gasteiger partial charge < -0.3 is 14.8 Å². The lowest BCUT2D eigenvalue weighted by Crippen LogP contribution is -2.53. The zero-order valence-electron chi connectivity index (χ0n) is 13.6. The van der Waals surface area contributed by atoms with Gasteiger partial charge in [-0.2, -0.15) is 0 Å². The van der Waals surface area contributed by atoms with Crippen molar-refractivity contribution in [2.75, 3.05) is 19.7 Å². The molecule has 0 atom stereocenters. The maximum atomic E-state index is 10.6. The standard InChI is InChI=1S/C15H33NO2Si/c1-12(2)19(13(3)4,14(5)6)18-11-15(17)7-9-16-10-8-15/h12-14,16-17H,7-11H2,1-6H3. The highest BCUT2D eigenvalue weighted by atomic mass is 28.4. The Hall–Kier alpha value is 0.0969. The molecule has 1 heterocycles. The summed E-state index contributed by atoms with van der Waals surface area (Å²) in [5.41, 5.74) is 1.13. The largest absolute Gasteiger partial charge is 0.413 e. The first-order chi connectivity index (χ1) is 8.74. The number of nitrogens with one attached hydrogen (secondary N) is 1. The van der Waals surface area contributed by atoms with E-state index in [1.165, 1.54) is 0 Å². The molecular formula is C15H33NO2Si. The first-order valence-electron chi connectivity index (χ1n) is 7.81. The predicted molar refractivity (Wildman–Crippen MR) is 84.1 cm³/mol. The number of hydrogen-bond donors (Lipinski definition) is 2. The van der Waals surface area contributed by atoms with Crippen LogP contribution >= 0.6 is 0 Å². The molecular weight excluding hydrogens is 254 g/mol. The summed E-state index contributed by atoms with van der Waals surface area (Å²) in [6.45, 7) is 16.1. The number of piperidine rings is 1. The first-order valence-corrected chi connectivity index (χ1v) is 9.95. The minimum Gasteiger partial charge on any atom is -0.413 e. The van der Waals surface area contributed by atoms with Gasteiger partial charge in [0, 0.05) is 0 Å². The molecule has 0 aliphatic carbocycles. The third kappa shape index (κ3) is 3.81. The number of aliphatic hydroxyl groups is 1. The SMILES string of the molecule is CC(C)[Si](OCC1(O)CCNCC1)(C(C)C)C(C)C. The van der Waals surface area contributed by atoms with Crippen molar-refractivity contribution in [3.05, 3.63) is 0 Å². The van der Waals surface area contributed by atoms with Crippen molar-refractivity contribution in [1.29, 1.82) is 0 Å². The van der Waals surface area contributed by atoms with Crippen LogP contribution in [0, 0.1) is 0 Å². The quantitative estimate of drug-likeness (QED) is 0.737. The van der Waals surface area contributed by atoms with E-state index in [0.29, 0.717) is 23.2 Å². The van der Waals surface area contributed by atoms with Gasteiger partial charge in [-0.25, -0.2) is 0 Å². The van der Waals surface area contributed by atoms with E-state index in [-0.39, 0.29) is 0 Å². The molecule has 0 aromatic rings. The van der Waals surface area contributed by atoms with Crippen molar-refractivity contribution in [2.24, 2.45) is 0 Å². The fourth-order valence-electron chi connectivity index (χ4n) is 3.80. The smallest absolute Gasteiger partial charge is 0.200 e. The third-order valence-corrected chi connectivity index (χ3v) is 10.9. The number of hydrogen-bond acceptors (Lipinski definition) is 3. The highest BCUT2D eigenvalue weighted by molar-refractivity contribution is 6.77. The van der Waals surface area contributed by atoms with Crippen LogP contribution in [0.25, 0.3) is 0 Å². The lowest BCUT2D eigenvalue weighted by atomic mass is 9.94. The van der Waals surface area contributed by atoms with Gasteiger partial charge in [0.05, 0.1) is 12.2 Å². The Balaban J connectivity index is 2.78. The minimum atomic E-state index is -1.84. The van der Waals surface area contributed by atoms with E-state index < -0.39 is 13.9 Å². The fourth-order valence-corrected chi connectivity index (χ4v) is 9.31. The van der Waals surface area contributed by atoms with Crippen molar-refractivity contribution in [1.82, 2.24) is 5.32 Å². The average molecular weight is 288 g/mol. The molecule has 19 heavy (non-hydrogen) atoms. The van der Waals surface area contributed by atoms with Crippen LogP contribution in [0.4, 0.5) is 0 Å². The van der Waals surface area contributed by atoms with Crippen LogP contribution in [0.5, 0.6) is 0 Å². The second kappa shape index (κ2) is 6.70. The normalized spacial score (nSPS) is 20.5. The molecule has 114 valence electrons. The van der Waals surface area contributed by atoms with E-state index in [1.807, 2.05) is 0 Å². The van der Waals surface area contributed by atoms with Crippen molar-refractivity contribution in [2.45, 2.75) is 76.6 Å². The van der Waals surface area contributed by atoms with E-state index in [0.717, 1.165) is 25.9 Å². The summed E-state index contributed by atoms with van der Waals surface area (Å²) in [6.07, 6.45) is 1.62. The van der Waals surface area contributed by atoms with Crippen LogP contribution in [0.15, 0.2) is 0 Å². The van der Waals surface area contributed by atoms with Crippen LogP contribution in [-0.2, 0) is 4.43 Å². The molecule has 0 bridgehead atoms. The zero-order chi connectivity index (χ0) is 14.7. The molecule has 2 N–H and O–H groups in total. The molecule has 0 aromatic heterocycles. The Bertz CT molecular complexity index is 252. The van der Waals surface area contributed by atoms with E-state index in [4.69, 9.17) is 4.43 Å². The highest BCUT2D eigenvalue weighted by Crippen LogP contribution is 2.43. The van der Waals surface area contributed by atoms with Crippen molar-refractivity contribution < 1.29 is 9.53 Å². The number of rotatable bonds is 6. The molecule has 1 rings (SSSR count). The summed E-state index contributed by atoms with van der Waals surface area (Å²) in [5.74, 6) is 0. The van der Waals surface area contributed by atoms with Gasteiger partial charge in [-0.05, 0) is 42.6 Å². The van der Waals surface area contributed by atoms with Gasteiger partial charge >= 0.3 is 0 Å². The second-order valence-electron chi connectivity index (χ2n) is 7.08. The topological polar surface area (TPSA) is 41.5 Å². The molecule has 3 nitrogen and oxygen atoms in total. The molecule has 1 fully saturated rings. The van der Waals surface area contributed by atoms with Crippen LogP contribution in [0.1, 0.15) is 54.4 Å². The van der Waals surface area contributed by atoms with Crippen molar-refractivity contribution in [3.63, 3.8) is 0 Å². The van der Waals surface area contributed by atoms with Gasteiger partial charge in [0.25, 0.3) is 0 Å². The Morgan fingerprint density at radius 2 is 1.42 bits per heavy atom. The summed E-state index contributed by atoms with van der Waals surface area (Å²) in [7, 11) is -1.84. The van der Waals surface area contributed by atoms with Crippen molar-refractivity contribution >= 4 is 8.32 Å². The van der Waals surface area contributed by atoms with E-state index in [9.17, 15) is 5.11 Å². The summed E-state index contributed by atoms with van der Waals surface area (Å²) >= 11 is 0. The van der Waals surface area contributed by atoms with Gasteiger partial charge in [-0.3, -0.25) is 0 Å². The van der Waals surface area contributed by atoms with E-state index in [2.05, 4.69) is 46.9 Å². The summed E-state index contributed by atoms with van der Waals surface area (Å²) in [4.78, 5) is 0. The van der Waals surface area contributed by atoms with Gasteiger partial charge in [-0.15, -0.1) is 0 Å². The van der Waals surface area contributed by atoms with Gasteiger partial charge in [0.1, 0.15) is 0 Å². The van der Waals surface area contributed by atoms with Gasteiger partial charge in [0.15, 0.2) is 8.32 Å². The maximum Gasteiger partial charge on any atom is 0.200 e. The van der Waals surface area contributed by atoms with E-state index in [1.54, 1.807) is 0 Å². The third-order valence-electron chi connectivity index (χ3n) is 4.83. The van der Waals surface area contributed by atoms with Crippen molar-refractivity contribution in [3.8, 4) is 0 Å². The molecule has 0 amide bonds. The second-order valence-corrected chi connectivity index (χ2v) is 12.5. The van der Waals surface area contributed by atoms with Crippen LogP contribution in [0.2, 0.25) is 16.6 Å². The molecule has 1 saturated heterocycles. The molecule has 0 radical (unpaired) electrons. The fraction of sp³-hybridized carbons (Fsp3) is 1.00. The lowest BCUT2D eigenvalue weighted by molar-refractivity contribution is -0.0335. The summed E-state index contributed by atoms with van der Waals surface area (Å²) < 4.78 is 6.52. The zero-order valence-corrected chi connectivity index (χ0v) is 14.6. The molecule has 4 heteroatoms.